The Balaban J connectivity index is 2.38. The minimum Gasteiger partial charge on any atom is -0.424 e. The third-order valence-electron chi connectivity index (χ3n) is 2.21. The minimum atomic E-state index is -0.588. The highest BCUT2D eigenvalue weighted by Gasteiger charge is 2.27. The van der Waals surface area contributed by atoms with E-state index in [9.17, 15) is 10.1 Å². The molecule has 0 bridgehead atoms. The molecule has 0 fully saturated rings. The van der Waals surface area contributed by atoms with Gasteiger partial charge >= 0.3 is 5.82 Å². The van der Waals surface area contributed by atoms with Crippen molar-refractivity contribution in [3.05, 3.63) is 33.9 Å². The third-order valence-corrected chi connectivity index (χ3v) is 2.66. The predicted octanol–water partition coefficient (Wildman–Crippen LogP) is 1.04. The zero-order valence-electron chi connectivity index (χ0n) is 9.06. The second-order valence-corrected chi connectivity index (χ2v) is 3.87. The van der Waals surface area contributed by atoms with E-state index in [0.717, 1.165) is 0 Å². The quantitative estimate of drug-likeness (QED) is 0.499. The predicted molar refractivity (Wildman–Crippen MR) is 59.7 cm³/mol. The average molecular weight is 255 g/mol. The summed E-state index contributed by atoms with van der Waals surface area (Å²) in [5.41, 5.74) is 0. The van der Waals surface area contributed by atoms with Crippen LogP contribution in [0.2, 0.25) is 0 Å². The Bertz CT molecular complexity index is 563. The molecule has 2 heterocycles. The van der Waals surface area contributed by atoms with Crippen LogP contribution >= 0.6 is 12.6 Å². The maximum Gasteiger partial charge on any atom is 0.342 e. The Morgan fingerprint density at radius 1 is 1.59 bits per heavy atom. The van der Waals surface area contributed by atoms with Crippen molar-refractivity contribution in [2.75, 3.05) is 0 Å². The maximum atomic E-state index is 10.7. The van der Waals surface area contributed by atoms with Gasteiger partial charge in [0.25, 0.3) is 0 Å². The summed E-state index contributed by atoms with van der Waals surface area (Å²) in [6, 6.07) is 0. The van der Waals surface area contributed by atoms with Crippen LogP contribution in [-0.2, 0) is 7.05 Å². The fraction of sp³-hybridized carbons (Fsp3) is 0.375. The molecular weight excluding hydrogens is 246 g/mol. The van der Waals surface area contributed by atoms with Crippen molar-refractivity contribution in [2.45, 2.75) is 12.2 Å². The summed E-state index contributed by atoms with van der Waals surface area (Å²) in [5, 5.41) is 17.5. The molecule has 0 aliphatic rings. The molecule has 0 aliphatic heterocycles. The molecule has 1 atom stereocenters. The van der Waals surface area contributed by atoms with Crippen molar-refractivity contribution in [2.24, 2.45) is 7.05 Å². The molecule has 0 saturated carbocycles. The molecule has 0 spiro atoms. The number of nitro groups is 1. The Morgan fingerprint density at radius 2 is 2.29 bits per heavy atom. The smallest absolute Gasteiger partial charge is 0.342 e. The Kier molecular flexibility index (Phi) is 2.84. The lowest BCUT2D eigenvalue weighted by Crippen LogP contribution is -2.05. The number of aryl methyl sites for hydroxylation is 1. The van der Waals surface area contributed by atoms with Crippen LogP contribution < -0.4 is 0 Å². The molecule has 8 nitrogen and oxygen atoms in total. The fourth-order valence-corrected chi connectivity index (χ4v) is 1.72. The average Bonchev–Trinajstić information content (AvgIpc) is 2.83. The molecule has 0 radical (unpaired) electrons. The lowest BCUT2D eigenvalue weighted by atomic mass is 10.4. The van der Waals surface area contributed by atoms with Gasteiger partial charge in [0.15, 0.2) is 5.25 Å². The van der Waals surface area contributed by atoms with Crippen LogP contribution in [0.15, 0.2) is 10.6 Å². The van der Waals surface area contributed by atoms with E-state index in [0.29, 0.717) is 11.7 Å². The van der Waals surface area contributed by atoms with Crippen molar-refractivity contribution in [1.29, 1.82) is 0 Å². The van der Waals surface area contributed by atoms with Crippen LogP contribution in [0.5, 0.6) is 0 Å². The summed E-state index contributed by atoms with van der Waals surface area (Å²) in [4.78, 5) is 14.1. The van der Waals surface area contributed by atoms with Crippen molar-refractivity contribution in [1.82, 2.24) is 19.7 Å². The van der Waals surface area contributed by atoms with Gasteiger partial charge in [-0.25, -0.2) is 9.55 Å². The van der Waals surface area contributed by atoms with Gasteiger partial charge in [-0.1, -0.05) is 0 Å². The monoisotopic (exact) mass is 255 g/mol. The molecule has 1 unspecified atom stereocenters. The fourth-order valence-electron chi connectivity index (χ4n) is 1.37. The van der Waals surface area contributed by atoms with Crippen LogP contribution in [-0.4, -0.2) is 24.7 Å². The molecule has 17 heavy (non-hydrogen) atoms. The SMILES string of the molecule is Cc1nnc(C(S)c2ncc([N+](=O)[O-])n2C)o1. The largest absolute Gasteiger partial charge is 0.424 e. The molecule has 2 aromatic rings. The molecule has 0 saturated heterocycles. The van der Waals surface area contributed by atoms with Gasteiger partial charge < -0.3 is 14.5 Å². The first kappa shape index (κ1) is 11.6. The molecule has 0 amide bonds. The standard InChI is InChI=1S/C8H9N5O3S/c1-4-10-11-8(16-4)6(17)7-9-3-5(12(7)2)13(14)15/h3,6,17H,1-2H3. The summed E-state index contributed by atoms with van der Waals surface area (Å²) < 4.78 is 6.53. The van der Waals surface area contributed by atoms with Gasteiger partial charge in [-0.05, 0) is 4.92 Å². The highest BCUT2D eigenvalue weighted by atomic mass is 32.1. The molecule has 0 N–H and O–H groups in total. The molecule has 90 valence electrons. The summed E-state index contributed by atoms with van der Waals surface area (Å²) in [5.74, 6) is 0.927. The van der Waals surface area contributed by atoms with Crippen LogP contribution in [0.4, 0.5) is 5.82 Å². The zero-order valence-corrected chi connectivity index (χ0v) is 9.96. The number of imidazole rings is 1. The van der Waals surface area contributed by atoms with Gasteiger partial charge in [-0.2, -0.15) is 12.6 Å². The van der Waals surface area contributed by atoms with Gasteiger partial charge in [0, 0.05) is 6.92 Å². The van der Waals surface area contributed by atoms with Crippen molar-refractivity contribution in [3.8, 4) is 0 Å². The summed E-state index contributed by atoms with van der Waals surface area (Å²) in [6.45, 7) is 1.65. The third kappa shape index (κ3) is 2.00. The van der Waals surface area contributed by atoms with Crippen LogP contribution in [0.1, 0.15) is 22.9 Å². The lowest BCUT2D eigenvalue weighted by molar-refractivity contribution is -0.391. The Hall–Kier alpha value is -1.90. The number of hydrogen-bond acceptors (Lipinski definition) is 7. The second-order valence-electron chi connectivity index (χ2n) is 3.35. The van der Waals surface area contributed by atoms with Crippen molar-refractivity contribution < 1.29 is 9.34 Å². The Morgan fingerprint density at radius 3 is 2.76 bits per heavy atom. The topological polar surface area (TPSA) is 99.9 Å². The van der Waals surface area contributed by atoms with Crippen molar-refractivity contribution in [3.63, 3.8) is 0 Å². The summed E-state index contributed by atoms with van der Waals surface area (Å²) in [6.07, 6.45) is 1.17. The molecule has 2 rings (SSSR count). The number of nitrogens with zero attached hydrogens (tertiary/aromatic N) is 5. The van der Waals surface area contributed by atoms with E-state index in [-0.39, 0.29) is 11.7 Å². The molecular formula is C8H9N5O3S. The van der Waals surface area contributed by atoms with Gasteiger partial charge in [-0.3, -0.25) is 0 Å². The van der Waals surface area contributed by atoms with Crippen LogP contribution in [0.25, 0.3) is 0 Å². The number of thiol groups is 1. The summed E-state index contributed by atoms with van der Waals surface area (Å²) in [7, 11) is 1.53. The molecule has 0 aliphatic carbocycles. The summed E-state index contributed by atoms with van der Waals surface area (Å²) >= 11 is 4.27. The van der Waals surface area contributed by atoms with Gasteiger partial charge in [0.1, 0.15) is 6.20 Å². The first-order chi connectivity index (χ1) is 8.00. The normalized spacial score (nSPS) is 12.6. The molecule has 2 aromatic heterocycles. The van der Waals surface area contributed by atoms with Gasteiger partial charge in [-0.15, -0.1) is 10.2 Å². The van der Waals surface area contributed by atoms with Gasteiger partial charge in [0.05, 0.1) is 7.05 Å². The Labute approximate surface area is 101 Å². The van der Waals surface area contributed by atoms with E-state index >= 15 is 0 Å². The van der Waals surface area contributed by atoms with Crippen LogP contribution in [0.3, 0.4) is 0 Å². The first-order valence-corrected chi connectivity index (χ1v) is 5.16. The van der Waals surface area contributed by atoms with E-state index in [1.54, 1.807) is 6.92 Å². The highest BCUT2D eigenvalue weighted by molar-refractivity contribution is 7.80. The zero-order chi connectivity index (χ0) is 12.6. The highest BCUT2D eigenvalue weighted by Crippen LogP contribution is 2.28. The number of aromatic nitrogens is 4. The van der Waals surface area contributed by atoms with E-state index in [1.807, 2.05) is 0 Å². The van der Waals surface area contributed by atoms with Crippen LogP contribution in [0, 0.1) is 17.0 Å². The van der Waals surface area contributed by atoms with Gasteiger partial charge in [0.2, 0.25) is 17.6 Å². The minimum absolute atomic E-state index is 0.115. The first-order valence-electron chi connectivity index (χ1n) is 4.64. The van der Waals surface area contributed by atoms with Crippen molar-refractivity contribution >= 4 is 18.4 Å². The van der Waals surface area contributed by atoms with E-state index in [4.69, 9.17) is 4.42 Å². The van der Waals surface area contributed by atoms with E-state index < -0.39 is 10.2 Å². The number of rotatable bonds is 3. The second kappa shape index (κ2) is 4.17. The lowest BCUT2D eigenvalue weighted by Gasteiger charge is -2.02. The maximum absolute atomic E-state index is 10.7. The van der Waals surface area contributed by atoms with E-state index in [1.165, 1.54) is 17.8 Å². The number of hydrogen-bond donors (Lipinski definition) is 1. The molecule has 9 heteroatoms. The van der Waals surface area contributed by atoms with E-state index in [2.05, 4.69) is 27.8 Å². The molecule has 0 aromatic carbocycles.